The predicted molar refractivity (Wildman–Crippen MR) is 92.2 cm³/mol. The van der Waals surface area contributed by atoms with E-state index in [-0.39, 0.29) is 0 Å². The Balaban J connectivity index is 1.55. The summed E-state index contributed by atoms with van der Waals surface area (Å²) in [5.41, 5.74) is 2.29. The Kier molecular flexibility index (Phi) is 4.13. The van der Waals surface area contributed by atoms with Crippen molar-refractivity contribution in [3.63, 3.8) is 0 Å². The largest absolute Gasteiger partial charge is 0.379 e. The molecule has 1 saturated heterocycles. The van der Waals surface area contributed by atoms with E-state index in [9.17, 15) is 0 Å². The average molecular weight is 323 g/mol. The summed E-state index contributed by atoms with van der Waals surface area (Å²) in [6.45, 7) is 5.18. The highest BCUT2D eigenvalue weighted by molar-refractivity contribution is 5.52. The predicted octanol–water partition coefficient (Wildman–Crippen LogP) is 2.13. The maximum Gasteiger partial charge on any atom is 0.132 e. The van der Waals surface area contributed by atoms with Gasteiger partial charge in [0.1, 0.15) is 11.6 Å². The number of ether oxygens (including phenoxy) is 1. The van der Waals surface area contributed by atoms with Crippen LogP contribution in [0.25, 0.3) is 5.52 Å². The molecular weight excluding hydrogens is 302 g/mol. The normalized spacial score (nSPS) is 18.7. The third kappa shape index (κ3) is 3.10. The molecular formula is C18H21N5O. The van der Waals surface area contributed by atoms with Crippen molar-refractivity contribution in [3.8, 4) is 0 Å². The number of fused-ring (bicyclic) bond motifs is 1. The molecule has 1 aliphatic heterocycles. The van der Waals surface area contributed by atoms with Crippen LogP contribution in [0.1, 0.15) is 11.5 Å². The van der Waals surface area contributed by atoms with Crippen molar-refractivity contribution in [2.45, 2.75) is 13.3 Å². The lowest BCUT2D eigenvalue weighted by Gasteiger charge is -2.24. The minimum Gasteiger partial charge on any atom is -0.379 e. The van der Waals surface area contributed by atoms with Gasteiger partial charge in [-0.2, -0.15) is 0 Å². The Labute approximate surface area is 141 Å². The molecule has 4 rings (SSSR count). The van der Waals surface area contributed by atoms with E-state index < -0.39 is 0 Å². The summed E-state index contributed by atoms with van der Waals surface area (Å²) in [5, 5.41) is 0. The second-order valence-corrected chi connectivity index (χ2v) is 6.23. The molecule has 0 unspecified atom stereocenters. The summed E-state index contributed by atoms with van der Waals surface area (Å²) >= 11 is 0. The van der Waals surface area contributed by atoms with E-state index in [1.165, 1.54) is 5.52 Å². The Morgan fingerprint density at radius 3 is 3.08 bits per heavy atom. The van der Waals surface area contributed by atoms with Crippen LogP contribution >= 0.6 is 0 Å². The van der Waals surface area contributed by atoms with Crippen molar-refractivity contribution in [2.24, 2.45) is 5.92 Å². The van der Waals surface area contributed by atoms with Crippen molar-refractivity contribution >= 4 is 11.3 Å². The van der Waals surface area contributed by atoms with Gasteiger partial charge in [-0.25, -0.2) is 9.97 Å². The van der Waals surface area contributed by atoms with Crippen LogP contribution in [-0.2, 0) is 11.2 Å². The summed E-state index contributed by atoms with van der Waals surface area (Å²) in [6, 6.07) is 6.15. The summed E-state index contributed by atoms with van der Waals surface area (Å²) < 4.78 is 7.95. The molecule has 3 aromatic rings. The summed E-state index contributed by atoms with van der Waals surface area (Å²) in [7, 11) is 0. The van der Waals surface area contributed by atoms with Crippen LogP contribution in [0.3, 0.4) is 0 Å². The summed E-state index contributed by atoms with van der Waals surface area (Å²) in [5.74, 6) is 2.16. The van der Waals surface area contributed by atoms with Gasteiger partial charge < -0.3 is 14.0 Å². The minimum atomic E-state index is 0.386. The number of hydrogen-bond donors (Lipinski definition) is 0. The molecule has 0 N–H and O–H groups in total. The van der Waals surface area contributed by atoms with Crippen molar-refractivity contribution in [2.75, 3.05) is 31.2 Å². The van der Waals surface area contributed by atoms with Crippen LogP contribution in [0, 0.1) is 12.8 Å². The van der Waals surface area contributed by atoms with Crippen molar-refractivity contribution < 1.29 is 4.74 Å². The van der Waals surface area contributed by atoms with Gasteiger partial charge in [0.25, 0.3) is 0 Å². The number of anilines is 1. The molecule has 6 nitrogen and oxygen atoms in total. The van der Waals surface area contributed by atoms with Gasteiger partial charge >= 0.3 is 0 Å². The highest BCUT2D eigenvalue weighted by Gasteiger charge is 2.21. The first-order chi connectivity index (χ1) is 11.8. The molecule has 1 fully saturated rings. The number of aromatic nitrogens is 4. The smallest absolute Gasteiger partial charge is 0.132 e. The van der Waals surface area contributed by atoms with E-state index in [0.717, 1.165) is 50.1 Å². The monoisotopic (exact) mass is 323 g/mol. The van der Waals surface area contributed by atoms with Gasteiger partial charge in [0.2, 0.25) is 0 Å². The van der Waals surface area contributed by atoms with E-state index in [0.29, 0.717) is 5.92 Å². The van der Waals surface area contributed by atoms with E-state index >= 15 is 0 Å². The lowest BCUT2D eigenvalue weighted by atomic mass is 10.0. The van der Waals surface area contributed by atoms with E-state index in [2.05, 4.69) is 42.6 Å². The molecule has 0 saturated carbocycles. The molecule has 24 heavy (non-hydrogen) atoms. The summed E-state index contributed by atoms with van der Waals surface area (Å²) in [4.78, 5) is 15.6. The molecule has 0 radical (unpaired) electrons. The van der Waals surface area contributed by atoms with Gasteiger partial charge in [0.15, 0.2) is 0 Å². The molecule has 1 aliphatic rings. The molecule has 0 bridgehead atoms. The fourth-order valence-corrected chi connectivity index (χ4v) is 3.29. The standard InChI is InChI=1S/C18H21N5O/c1-14-19-5-4-18(21-14)23-9-10-24-13-15(12-23)11-16-17-3-2-7-22(17)8-6-20-16/h2-8,15H,9-13H2,1H3/t15-/m1/s1. The Morgan fingerprint density at radius 1 is 1.21 bits per heavy atom. The van der Waals surface area contributed by atoms with E-state index in [1.54, 1.807) is 0 Å². The van der Waals surface area contributed by atoms with Gasteiger partial charge in [-0.15, -0.1) is 0 Å². The maximum absolute atomic E-state index is 5.84. The summed E-state index contributed by atoms with van der Waals surface area (Å²) in [6.07, 6.45) is 8.63. The van der Waals surface area contributed by atoms with Crippen molar-refractivity contribution in [1.29, 1.82) is 0 Å². The van der Waals surface area contributed by atoms with Gasteiger partial charge in [0, 0.05) is 43.8 Å². The van der Waals surface area contributed by atoms with Gasteiger partial charge in [0.05, 0.1) is 24.4 Å². The number of aryl methyl sites for hydroxylation is 1. The molecule has 0 amide bonds. The van der Waals surface area contributed by atoms with E-state index in [1.807, 2.05) is 31.6 Å². The second kappa shape index (κ2) is 6.57. The zero-order valence-electron chi connectivity index (χ0n) is 13.8. The molecule has 6 heteroatoms. The number of rotatable bonds is 3. The Morgan fingerprint density at radius 2 is 2.17 bits per heavy atom. The van der Waals surface area contributed by atoms with Crippen LogP contribution < -0.4 is 4.90 Å². The third-order valence-corrected chi connectivity index (χ3v) is 4.44. The molecule has 1 atom stereocenters. The Bertz CT molecular complexity index is 831. The van der Waals surface area contributed by atoms with Crippen LogP contribution in [0.4, 0.5) is 5.82 Å². The highest BCUT2D eigenvalue weighted by Crippen LogP contribution is 2.20. The topological polar surface area (TPSA) is 55.5 Å². The molecule has 4 heterocycles. The molecule has 3 aromatic heterocycles. The van der Waals surface area contributed by atoms with Crippen molar-refractivity contribution in [1.82, 2.24) is 19.4 Å². The lowest BCUT2D eigenvalue weighted by Crippen LogP contribution is -2.31. The Hall–Kier alpha value is -2.47. The van der Waals surface area contributed by atoms with Gasteiger partial charge in [-0.3, -0.25) is 4.98 Å². The molecule has 0 aliphatic carbocycles. The van der Waals surface area contributed by atoms with Crippen molar-refractivity contribution in [3.05, 3.63) is 54.5 Å². The number of hydrogen-bond acceptors (Lipinski definition) is 5. The first kappa shape index (κ1) is 15.1. The zero-order valence-corrected chi connectivity index (χ0v) is 13.8. The SMILES string of the molecule is Cc1nccc(N2CCOC[C@H](Cc3nccn4cccc34)C2)n1. The zero-order chi connectivity index (χ0) is 16.4. The van der Waals surface area contributed by atoms with Gasteiger partial charge in [-0.1, -0.05) is 0 Å². The maximum atomic E-state index is 5.84. The quantitative estimate of drug-likeness (QED) is 0.739. The molecule has 124 valence electrons. The van der Waals surface area contributed by atoms with Crippen LogP contribution in [-0.4, -0.2) is 45.7 Å². The van der Waals surface area contributed by atoms with Crippen LogP contribution in [0.2, 0.25) is 0 Å². The molecule has 0 spiro atoms. The van der Waals surface area contributed by atoms with E-state index in [4.69, 9.17) is 4.74 Å². The minimum absolute atomic E-state index is 0.386. The number of nitrogens with zero attached hydrogens (tertiary/aromatic N) is 5. The fourth-order valence-electron chi connectivity index (χ4n) is 3.29. The van der Waals surface area contributed by atoms with Crippen LogP contribution in [0.5, 0.6) is 0 Å². The van der Waals surface area contributed by atoms with Crippen LogP contribution in [0.15, 0.2) is 43.0 Å². The first-order valence-electron chi connectivity index (χ1n) is 8.32. The first-order valence-corrected chi connectivity index (χ1v) is 8.32. The third-order valence-electron chi connectivity index (χ3n) is 4.44. The van der Waals surface area contributed by atoms with Gasteiger partial charge in [-0.05, 0) is 31.5 Å². The average Bonchev–Trinajstić information content (AvgIpc) is 2.95. The molecule has 0 aromatic carbocycles. The second-order valence-electron chi connectivity index (χ2n) is 6.23. The highest BCUT2D eigenvalue weighted by atomic mass is 16.5. The fraction of sp³-hybridized carbons (Fsp3) is 0.389. The lowest BCUT2D eigenvalue weighted by molar-refractivity contribution is 0.123.